The van der Waals surface area contributed by atoms with Crippen molar-refractivity contribution in [3.05, 3.63) is 70.4 Å². The highest BCUT2D eigenvalue weighted by Crippen LogP contribution is 2.61. The molecule has 3 aromatic rings. The van der Waals surface area contributed by atoms with Gasteiger partial charge in [-0.1, -0.05) is 32.1 Å². The number of ether oxygens (including phenoxy) is 1. The molecule has 0 fully saturated rings. The molecular formula is C32H38F3N6O5P. The number of aromatic nitrogens is 2. The van der Waals surface area contributed by atoms with Crippen LogP contribution in [0, 0.1) is 0 Å². The van der Waals surface area contributed by atoms with Gasteiger partial charge in [0.2, 0.25) is 5.95 Å². The quantitative estimate of drug-likeness (QED) is 0.177. The summed E-state index contributed by atoms with van der Waals surface area (Å²) in [6.07, 6.45) is -0.936. The van der Waals surface area contributed by atoms with Crippen molar-refractivity contribution in [2.75, 3.05) is 44.9 Å². The molecule has 0 bridgehead atoms. The van der Waals surface area contributed by atoms with Gasteiger partial charge in [-0.05, 0) is 66.8 Å². The Morgan fingerprint density at radius 3 is 2.36 bits per heavy atom. The summed E-state index contributed by atoms with van der Waals surface area (Å²) in [5.41, 5.74) is 2.72. The molecule has 47 heavy (non-hydrogen) atoms. The van der Waals surface area contributed by atoms with E-state index in [1.54, 1.807) is 27.0 Å². The number of alkyl halides is 3. The van der Waals surface area contributed by atoms with E-state index in [9.17, 15) is 32.3 Å². The smallest absolute Gasteiger partial charge is 0.421 e. The normalized spacial score (nSPS) is 15.8. The zero-order chi connectivity index (χ0) is 34.3. The second-order valence-corrected chi connectivity index (χ2v) is 13.8. The molecule has 0 aliphatic carbocycles. The second-order valence-electron chi connectivity index (χ2n) is 11.8. The first-order valence-corrected chi connectivity index (χ1v) is 16.8. The summed E-state index contributed by atoms with van der Waals surface area (Å²) >= 11 is 0. The number of hydrogen-bond acceptors (Lipinski definition) is 8. The molecule has 252 valence electrons. The topological polar surface area (TPSA) is 140 Å². The molecule has 2 aromatic carbocycles. The lowest BCUT2D eigenvalue weighted by Crippen LogP contribution is -2.24. The fraction of sp³-hybridized carbons (Fsp3) is 0.406. The molecule has 0 saturated heterocycles. The Kier molecular flexibility index (Phi) is 9.44. The molecule has 0 atom stereocenters. The van der Waals surface area contributed by atoms with E-state index in [-0.39, 0.29) is 41.8 Å². The first kappa shape index (κ1) is 34.4. The number of halogens is 3. The molecular weight excluding hydrogens is 636 g/mol. The van der Waals surface area contributed by atoms with Crippen molar-refractivity contribution in [2.45, 2.75) is 51.0 Å². The van der Waals surface area contributed by atoms with Crippen molar-refractivity contribution in [1.82, 2.24) is 19.8 Å². The highest BCUT2D eigenvalue weighted by atomic mass is 31.2. The van der Waals surface area contributed by atoms with E-state index in [0.717, 1.165) is 36.2 Å². The van der Waals surface area contributed by atoms with Gasteiger partial charge in [-0.25, -0.2) is 4.98 Å². The summed E-state index contributed by atoms with van der Waals surface area (Å²) in [7, 11) is 0.454. The average molecular weight is 675 g/mol. The lowest BCUT2D eigenvalue weighted by molar-refractivity contribution is -0.137. The first-order valence-electron chi connectivity index (χ1n) is 15.1. The molecule has 2 aliphatic rings. The Balaban J connectivity index is 1.53. The van der Waals surface area contributed by atoms with E-state index in [4.69, 9.17) is 4.74 Å². The molecule has 15 heteroatoms. The van der Waals surface area contributed by atoms with Gasteiger partial charge in [-0.2, -0.15) is 18.2 Å². The first-order chi connectivity index (χ1) is 22.1. The maximum Gasteiger partial charge on any atom is 0.421 e. The number of anilines is 4. The molecule has 1 aromatic heterocycles. The van der Waals surface area contributed by atoms with Gasteiger partial charge in [0, 0.05) is 32.9 Å². The number of carbonyl (C=O) groups excluding carboxylic acids is 1. The molecule has 4 N–H and O–H groups in total. The van der Waals surface area contributed by atoms with Crippen LogP contribution in [0.3, 0.4) is 0 Å². The number of nitrogens with zero attached hydrogens (tertiary/aromatic N) is 4. The highest BCUT2D eigenvalue weighted by molar-refractivity contribution is 7.53. The Hall–Kier alpha value is -3.97. The van der Waals surface area contributed by atoms with Crippen LogP contribution >= 0.6 is 7.60 Å². The van der Waals surface area contributed by atoms with Crippen molar-refractivity contribution in [1.29, 1.82) is 0 Å². The van der Waals surface area contributed by atoms with Crippen molar-refractivity contribution >= 4 is 42.2 Å². The van der Waals surface area contributed by atoms with Gasteiger partial charge in [0.1, 0.15) is 17.1 Å². The van der Waals surface area contributed by atoms with Crippen LogP contribution in [0.5, 0.6) is 5.75 Å². The number of amides is 1. The summed E-state index contributed by atoms with van der Waals surface area (Å²) in [4.78, 5) is 45.4. The van der Waals surface area contributed by atoms with Crippen LogP contribution in [-0.4, -0.2) is 69.8 Å². The van der Waals surface area contributed by atoms with Crippen LogP contribution in [0.2, 0.25) is 0 Å². The number of methoxy groups -OCH3 is 1. The number of likely N-dealkylation sites (N-methyl/N-ethyl adjacent to an activating group) is 1. The molecule has 5 rings (SSSR count). The van der Waals surface area contributed by atoms with Crippen LogP contribution in [0.25, 0.3) is 5.57 Å². The van der Waals surface area contributed by atoms with Gasteiger partial charge in [-0.15, -0.1) is 0 Å². The number of rotatable bonds is 10. The fourth-order valence-electron chi connectivity index (χ4n) is 6.29. The Labute approximate surface area is 271 Å². The monoisotopic (exact) mass is 674 g/mol. The predicted molar refractivity (Wildman–Crippen MR) is 173 cm³/mol. The van der Waals surface area contributed by atoms with Crippen molar-refractivity contribution in [2.24, 2.45) is 0 Å². The summed E-state index contributed by atoms with van der Waals surface area (Å²) < 4.78 is 60.6. The highest BCUT2D eigenvalue weighted by Gasteiger charge is 2.45. The molecule has 0 spiro atoms. The predicted octanol–water partition coefficient (Wildman–Crippen LogP) is 6.49. The second kappa shape index (κ2) is 12.9. The Bertz CT molecular complexity index is 1770. The minimum absolute atomic E-state index is 0.165. The lowest BCUT2D eigenvalue weighted by Gasteiger charge is -2.33. The molecule has 3 heterocycles. The SMILES string of the molecule is CCC(CC)(c1ccc(Nc2ncc(C(F)(F)F)c(Nc3ccc(C4=CCN(C)CC4)c4c3C(=O)N(C)C4)n2)c(OC)c1)P(=O)(O)O. The van der Waals surface area contributed by atoms with Crippen LogP contribution in [-0.2, 0) is 22.4 Å². The maximum atomic E-state index is 14.2. The maximum absolute atomic E-state index is 14.2. The van der Waals surface area contributed by atoms with Crippen molar-refractivity contribution in [3.63, 3.8) is 0 Å². The lowest BCUT2D eigenvalue weighted by atomic mass is 9.92. The van der Waals surface area contributed by atoms with E-state index < -0.39 is 30.3 Å². The molecule has 0 saturated carbocycles. The third-order valence-electron chi connectivity index (χ3n) is 9.09. The number of carbonyl (C=O) groups is 1. The zero-order valence-corrected chi connectivity index (χ0v) is 27.7. The standard InChI is InChI=1S/C32H38F3N6O5P/c1-6-31(7-2,47(43,44)45)20-8-10-24(26(16-20)46-5)38-30-36-17-23(32(33,34)35)28(39-30)37-25-11-9-21(19-12-14-40(3)15-13-19)22-18-41(4)29(42)27(22)25/h8-12,16-17H,6-7,13-15,18H2,1-5H3,(H2,43,44,45)(H2,36,37,38,39). The molecule has 1 amide bonds. The number of benzene rings is 2. The van der Waals surface area contributed by atoms with Crippen molar-refractivity contribution in [3.8, 4) is 5.75 Å². The fourth-order valence-corrected chi connectivity index (χ4v) is 7.59. The van der Waals surface area contributed by atoms with E-state index in [1.165, 1.54) is 30.2 Å². The van der Waals surface area contributed by atoms with E-state index in [1.807, 2.05) is 13.1 Å². The van der Waals surface area contributed by atoms with E-state index in [2.05, 4.69) is 31.6 Å². The van der Waals surface area contributed by atoms with E-state index in [0.29, 0.717) is 23.9 Å². The Morgan fingerprint density at radius 1 is 1.06 bits per heavy atom. The molecule has 0 radical (unpaired) electrons. The summed E-state index contributed by atoms with van der Waals surface area (Å²) in [6.45, 7) is 5.31. The molecule has 0 unspecified atom stereocenters. The van der Waals surface area contributed by atoms with Gasteiger partial charge in [0.15, 0.2) is 0 Å². The number of nitrogens with one attached hydrogen (secondary N) is 2. The van der Waals surface area contributed by atoms with Crippen LogP contribution < -0.4 is 15.4 Å². The third-order valence-corrected chi connectivity index (χ3v) is 11.1. The number of fused-ring (bicyclic) bond motifs is 1. The molecule has 2 aliphatic heterocycles. The van der Waals surface area contributed by atoms with Crippen LogP contribution in [0.15, 0.2) is 42.6 Å². The Morgan fingerprint density at radius 2 is 1.77 bits per heavy atom. The molecule has 11 nitrogen and oxygen atoms in total. The third kappa shape index (κ3) is 6.47. The van der Waals surface area contributed by atoms with Crippen LogP contribution in [0.4, 0.5) is 36.3 Å². The van der Waals surface area contributed by atoms with Gasteiger partial charge >= 0.3 is 13.8 Å². The van der Waals surface area contributed by atoms with E-state index >= 15 is 0 Å². The van der Waals surface area contributed by atoms with Gasteiger partial charge in [-0.3, -0.25) is 9.36 Å². The minimum Gasteiger partial charge on any atom is -0.495 e. The number of hydrogen-bond donors (Lipinski definition) is 4. The van der Waals surface area contributed by atoms with Gasteiger partial charge in [0.25, 0.3) is 5.91 Å². The average Bonchev–Trinajstić information content (AvgIpc) is 3.32. The van der Waals surface area contributed by atoms with Crippen LogP contribution in [0.1, 0.15) is 65.7 Å². The summed E-state index contributed by atoms with van der Waals surface area (Å²) in [5, 5.41) is 4.21. The van der Waals surface area contributed by atoms with Crippen molar-refractivity contribution < 1.29 is 37.1 Å². The summed E-state index contributed by atoms with van der Waals surface area (Å²) in [5.74, 6) is -0.884. The zero-order valence-electron chi connectivity index (χ0n) is 26.8. The largest absolute Gasteiger partial charge is 0.495 e. The van der Waals surface area contributed by atoms with Gasteiger partial charge in [0.05, 0.1) is 29.2 Å². The summed E-state index contributed by atoms with van der Waals surface area (Å²) in [6, 6.07) is 7.97. The van der Waals surface area contributed by atoms with Gasteiger partial charge < -0.3 is 35.0 Å². The minimum atomic E-state index is -4.81.